The third-order valence-corrected chi connectivity index (χ3v) is 4.77. The van der Waals surface area contributed by atoms with E-state index in [1.165, 1.54) is 4.90 Å². The molecule has 2 amide bonds. The second kappa shape index (κ2) is 7.52. The van der Waals surface area contributed by atoms with E-state index in [1.54, 1.807) is 18.2 Å². The lowest BCUT2D eigenvalue weighted by Crippen LogP contribution is -2.33. The molecular weight excluding hydrogens is 371 g/mol. The van der Waals surface area contributed by atoms with Crippen LogP contribution in [0.2, 0.25) is 10.0 Å². The van der Waals surface area contributed by atoms with Crippen molar-refractivity contribution in [3.63, 3.8) is 0 Å². The zero-order valence-corrected chi connectivity index (χ0v) is 16.0. The summed E-state index contributed by atoms with van der Waals surface area (Å²) < 4.78 is 0. The zero-order valence-electron chi connectivity index (χ0n) is 14.5. The SMILES string of the molecule is CCCN1C(=O)C(Nc2ccccc2C)=C(c2ccc(Cl)cc2Cl)C1=O. The van der Waals surface area contributed by atoms with E-state index in [9.17, 15) is 9.59 Å². The van der Waals surface area contributed by atoms with Crippen LogP contribution in [0, 0.1) is 6.92 Å². The third-order valence-electron chi connectivity index (χ3n) is 4.22. The molecule has 1 aliphatic rings. The van der Waals surface area contributed by atoms with Gasteiger partial charge in [-0.05, 0) is 37.1 Å². The van der Waals surface area contributed by atoms with Crippen molar-refractivity contribution in [3.8, 4) is 0 Å². The van der Waals surface area contributed by atoms with Crippen LogP contribution in [0.25, 0.3) is 5.57 Å². The van der Waals surface area contributed by atoms with E-state index in [4.69, 9.17) is 23.2 Å². The van der Waals surface area contributed by atoms with Gasteiger partial charge < -0.3 is 5.32 Å². The average molecular weight is 389 g/mol. The zero-order chi connectivity index (χ0) is 18.8. The van der Waals surface area contributed by atoms with Gasteiger partial charge in [0.2, 0.25) is 0 Å². The molecule has 2 aromatic rings. The number of para-hydroxylation sites is 1. The Morgan fingerprint density at radius 2 is 1.77 bits per heavy atom. The fraction of sp³-hybridized carbons (Fsp3) is 0.200. The van der Waals surface area contributed by atoms with Gasteiger partial charge in [-0.15, -0.1) is 0 Å². The molecule has 26 heavy (non-hydrogen) atoms. The van der Waals surface area contributed by atoms with Gasteiger partial charge in [0.25, 0.3) is 11.8 Å². The molecule has 1 aliphatic heterocycles. The Bertz CT molecular complexity index is 922. The van der Waals surface area contributed by atoms with E-state index in [1.807, 2.05) is 38.1 Å². The number of hydrogen-bond donors (Lipinski definition) is 1. The Kier molecular flexibility index (Phi) is 5.35. The molecule has 0 aromatic heterocycles. The maximum absolute atomic E-state index is 12.9. The van der Waals surface area contributed by atoms with Crippen LogP contribution >= 0.6 is 23.2 Å². The molecule has 0 saturated heterocycles. The van der Waals surface area contributed by atoms with Crippen molar-refractivity contribution in [1.29, 1.82) is 0 Å². The number of imide groups is 1. The van der Waals surface area contributed by atoms with E-state index >= 15 is 0 Å². The van der Waals surface area contributed by atoms with Gasteiger partial charge in [-0.3, -0.25) is 14.5 Å². The van der Waals surface area contributed by atoms with Gasteiger partial charge in [-0.1, -0.05) is 54.4 Å². The van der Waals surface area contributed by atoms with Crippen LogP contribution in [-0.2, 0) is 9.59 Å². The molecule has 134 valence electrons. The Hall–Kier alpha value is -2.30. The first kappa shape index (κ1) is 18.5. The number of aryl methyl sites for hydroxylation is 1. The Morgan fingerprint density at radius 1 is 1.04 bits per heavy atom. The maximum atomic E-state index is 12.9. The van der Waals surface area contributed by atoms with Gasteiger partial charge in [0.05, 0.1) is 10.6 Å². The molecule has 6 heteroatoms. The number of rotatable bonds is 5. The molecule has 0 saturated carbocycles. The van der Waals surface area contributed by atoms with Crippen LogP contribution in [0.3, 0.4) is 0 Å². The van der Waals surface area contributed by atoms with Gasteiger partial charge in [-0.2, -0.15) is 0 Å². The summed E-state index contributed by atoms with van der Waals surface area (Å²) in [7, 11) is 0. The summed E-state index contributed by atoms with van der Waals surface area (Å²) in [4.78, 5) is 27.1. The van der Waals surface area contributed by atoms with Gasteiger partial charge in [-0.25, -0.2) is 0 Å². The van der Waals surface area contributed by atoms with Gasteiger partial charge in [0.15, 0.2) is 0 Å². The van der Waals surface area contributed by atoms with Gasteiger partial charge in [0, 0.05) is 22.8 Å². The lowest BCUT2D eigenvalue weighted by molar-refractivity contribution is -0.136. The minimum Gasteiger partial charge on any atom is -0.350 e. The van der Waals surface area contributed by atoms with Crippen molar-refractivity contribution < 1.29 is 9.59 Å². The van der Waals surface area contributed by atoms with E-state index in [0.29, 0.717) is 28.6 Å². The van der Waals surface area contributed by atoms with Crippen molar-refractivity contribution in [1.82, 2.24) is 4.90 Å². The predicted octanol–water partition coefficient (Wildman–Crippen LogP) is 4.90. The number of carbonyl (C=O) groups is 2. The predicted molar refractivity (Wildman–Crippen MR) is 105 cm³/mol. The summed E-state index contributed by atoms with van der Waals surface area (Å²) in [6.45, 7) is 4.20. The summed E-state index contributed by atoms with van der Waals surface area (Å²) in [5.74, 6) is -0.696. The number of nitrogens with one attached hydrogen (secondary N) is 1. The number of nitrogens with zero attached hydrogens (tertiary/aromatic N) is 1. The highest BCUT2D eigenvalue weighted by atomic mass is 35.5. The average Bonchev–Trinajstić information content (AvgIpc) is 2.82. The third kappa shape index (κ3) is 3.35. The molecule has 3 rings (SSSR count). The van der Waals surface area contributed by atoms with E-state index in [-0.39, 0.29) is 23.1 Å². The van der Waals surface area contributed by atoms with E-state index in [2.05, 4.69) is 5.32 Å². The second-order valence-electron chi connectivity index (χ2n) is 6.08. The molecule has 0 unspecified atom stereocenters. The minimum absolute atomic E-state index is 0.238. The summed E-state index contributed by atoms with van der Waals surface area (Å²) in [6, 6.07) is 12.5. The number of benzene rings is 2. The highest BCUT2D eigenvalue weighted by molar-refractivity contribution is 6.41. The van der Waals surface area contributed by atoms with Crippen LogP contribution in [0.15, 0.2) is 48.2 Å². The normalized spacial score (nSPS) is 14.4. The van der Waals surface area contributed by atoms with Crippen LogP contribution < -0.4 is 5.32 Å². The number of halogens is 2. The van der Waals surface area contributed by atoms with Crippen LogP contribution in [-0.4, -0.2) is 23.3 Å². The summed E-state index contributed by atoms with van der Waals surface area (Å²) >= 11 is 12.3. The molecule has 0 atom stereocenters. The number of anilines is 1. The Balaban J connectivity index is 2.14. The molecule has 4 nitrogen and oxygen atoms in total. The lowest BCUT2D eigenvalue weighted by Gasteiger charge is -2.14. The highest BCUT2D eigenvalue weighted by Gasteiger charge is 2.39. The number of carbonyl (C=O) groups excluding carboxylic acids is 2. The Morgan fingerprint density at radius 3 is 2.42 bits per heavy atom. The molecule has 0 radical (unpaired) electrons. The van der Waals surface area contributed by atoms with E-state index < -0.39 is 0 Å². The van der Waals surface area contributed by atoms with Crippen LogP contribution in [0.5, 0.6) is 0 Å². The van der Waals surface area contributed by atoms with Gasteiger partial charge >= 0.3 is 0 Å². The summed E-state index contributed by atoms with van der Waals surface area (Å²) in [6.07, 6.45) is 0.677. The van der Waals surface area contributed by atoms with Crippen molar-refractivity contribution >= 4 is 46.3 Å². The molecular formula is C20H18Cl2N2O2. The maximum Gasteiger partial charge on any atom is 0.278 e. The molecule has 0 bridgehead atoms. The lowest BCUT2D eigenvalue weighted by atomic mass is 10.0. The van der Waals surface area contributed by atoms with E-state index in [0.717, 1.165) is 11.3 Å². The smallest absolute Gasteiger partial charge is 0.278 e. The topological polar surface area (TPSA) is 49.4 Å². The van der Waals surface area contributed by atoms with Gasteiger partial charge in [0.1, 0.15) is 5.70 Å². The monoisotopic (exact) mass is 388 g/mol. The molecule has 0 spiro atoms. The molecule has 2 aromatic carbocycles. The Labute approximate surface area is 162 Å². The van der Waals surface area contributed by atoms with Crippen molar-refractivity contribution in [2.24, 2.45) is 0 Å². The first-order chi connectivity index (χ1) is 12.4. The standard InChI is InChI=1S/C20H18Cl2N2O2/c1-3-10-24-19(25)17(14-9-8-13(21)11-15(14)22)18(20(24)26)23-16-7-5-4-6-12(16)2/h4-9,11,23H,3,10H2,1-2H3. The fourth-order valence-corrected chi connectivity index (χ4v) is 3.41. The summed E-state index contributed by atoms with van der Waals surface area (Å²) in [5, 5.41) is 3.94. The number of hydrogen-bond acceptors (Lipinski definition) is 3. The second-order valence-corrected chi connectivity index (χ2v) is 6.92. The molecule has 0 fully saturated rings. The molecule has 1 heterocycles. The fourth-order valence-electron chi connectivity index (χ4n) is 2.91. The van der Waals surface area contributed by atoms with Crippen molar-refractivity contribution in [2.45, 2.75) is 20.3 Å². The van der Waals surface area contributed by atoms with Crippen molar-refractivity contribution in [2.75, 3.05) is 11.9 Å². The highest BCUT2D eigenvalue weighted by Crippen LogP contribution is 2.35. The minimum atomic E-state index is -0.350. The quantitative estimate of drug-likeness (QED) is 0.740. The van der Waals surface area contributed by atoms with Crippen molar-refractivity contribution in [3.05, 3.63) is 69.3 Å². The van der Waals surface area contributed by atoms with Crippen LogP contribution in [0.4, 0.5) is 5.69 Å². The largest absolute Gasteiger partial charge is 0.350 e. The van der Waals surface area contributed by atoms with Crippen LogP contribution in [0.1, 0.15) is 24.5 Å². The summed E-state index contributed by atoms with van der Waals surface area (Å²) in [5.41, 5.74) is 2.74. The molecule has 1 N–H and O–H groups in total. The molecule has 0 aliphatic carbocycles. The first-order valence-electron chi connectivity index (χ1n) is 8.32. The first-order valence-corrected chi connectivity index (χ1v) is 9.08. The number of amides is 2.